The molecule has 0 aliphatic carbocycles. The molecule has 20 heavy (non-hydrogen) atoms. The zero-order chi connectivity index (χ0) is 15.0. The van der Waals surface area contributed by atoms with E-state index in [-0.39, 0.29) is 18.2 Å². The van der Waals surface area contributed by atoms with Crippen molar-refractivity contribution in [2.75, 3.05) is 13.2 Å². The van der Waals surface area contributed by atoms with E-state index in [9.17, 15) is 9.59 Å². The Balaban J connectivity index is 2.67. The predicted octanol–water partition coefficient (Wildman–Crippen LogP) is 2.34. The van der Waals surface area contributed by atoms with E-state index in [4.69, 9.17) is 9.84 Å². The minimum atomic E-state index is -0.867. The summed E-state index contributed by atoms with van der Waals surface area (Å²) < 4.78 is 5.30. The van der Waals surface area contributed by atoms with E-state index in [0.29, 0.717) is 26.1 Å². The minimum absolute atomic E-state index is 0.00380. The van der Waals surface area contributed by atoms with Crippen LogP contribution in [0.15, 0.2) is 0 Å². The standard InChI is InChI=1S/C15H27NO4/c1-3-5-6-12(4-2)14(19)16-15(11-13(17)18)7-9-20-10-8-15/h12H,3-11H2,1-2H3,(H,16,19)(H,17,18). The van der Waals surface area contributed by atoms with Crippen molar-refractivity contribution >= 4 is 11.9 Å². The van der Waals surface area contributed by atoms with E-state index in [1.807, 2.05) is 6.92 Å². The Hall–Kier alpha value is -1.10. The summed E-state index contributed by atoms with van der Waals surface area (Å²) >= 11 is 0. The summed E-state index contributed by atoms with van der Waals surface area (Å²) in [6, 6.07) is 0. The highest BCUT2D eigenvalue weighted by Crippen LogP contribution is 2.26. The monoisotopic (exact) mass is 285 g/mol. The number of unbranched alkanes of at least 4 members (excludes halogenated alkanes) is 1. The molecule has 1 amide bonds. The summed E-state index contributed by atoms with van der Waals surface area (Å²) in [5.41, 5.74) is -0.624. The molecule has 116 valence electrons. The van der Waals surface area contributed by atoms with Crippen LogP contribution in [-0.4, -0.2) is 35.7 Å². The molecule has 5 heteroatoms. The van der Waals surface area contributed by atoms with Crippen LogP contribution < -0.4 is 5.32 Å². The van der Waals surface area contributed by atoms with Crippen LogP contribution in [0.5, 0.6) is 0 Å². The normalized spacial score (nSPS) is 19.3. The van der Waals surface area contributed by atoms with E-state index in [2.05, 4.69) is 12.2 Å². The van der Waals surface area contributed by atoms with Crippen molar-refractivity contribution in [2.24, 2.45) is 5.92 Å². The van der Waals surface area contributed by atoms with Gasteiger partial charge in [-0.3, -0.25) is 9.59 Å². The topological polar surface area (TPSA) is 75.6 Å². The summed E-state index contributed by atoms with van der Waals surface area (Å²) in [4.78, 5) is 23.5. The highest BCUT2D eigenvalue weighted by Gasteiger charge is 2.37. The second kappa shape index (κ2) is 8.25. The van der Waals surface area contributed by atoms with E-state index in [0.717, 1.165) is 25.7 Å². The van der Waals surface area contributed by atoms with Crippen molar-refractivity contribution in [3.63, 3.8) is 0 Å². The van der Waals surface area contributed by atoms with Gasteiger partial charge in [0.15, 0.2) is 0 Å². The first-order chi connectivity index (χ1) is 9.53. The zero-order valence-corrected chi connectivity index (χ0v) is 12.6. The summed E-state index contributed by atoms with van der Waals surface area (Å²) in [7, 11) is 0. The maximum atomic E-state index is 12.4. The Labute approximate surface area is 121 Å². The third-order valence-electron chi connectivity index (χ3n) is 4.10. The number of carboxylic acids is 1. The second-order valence-corrected chi connectivity index (χ2v) is 5.70. The van der Waals surface area contributed by atoms with E-state index < -0.39 is 11.5 Å². The number of carbonyl (C=O) groups excluding carboxylic acids is 1. The molecule has 0 saturated carbocycles. The average Bonchev–Trinajstić information content (AvgIpc) is 2.39. The maximum Gasteiger partial charge on any atom is 0.305 e. The third kappa shape index (κ3) is 5.12. The Morgan fingerprint density at radius 1 is 1.30 bits per heavy atom. The number of nitrogens with one attached hydrogen (secondary N) is 1. The number of hydrogen-bond acceptors (Lipinski definition) is 3. The number of ether oxygens (including phenoxy) is 1. The summed E-state index contributed by atoms with van der Waals surface area (Å²) in [5, 5.41) is 12.1. The number of carboxylic acid groups (broad SMARTS) is 1. The number of rotatable bonds is 8. The maximum absolute atomic E-state index is 12.4. The average molecular weight is 285 g/mol. The van der Waals surface area contributed by atoms with Gasteiger partial charge in [0.25, 0.3) is 0 Å². The Morgan fingerprint density at radius 3 is 2.45 bits per heavy atom. The first-order valence-corrected chi connectivity index (χ1v) is 7.64. The third-order valence-corrected chi connectivity index (χ3v) is 4.10. The minimum Gasteiger partial charge on any atom is -0.481 e. The van der Waals surface area contributed by atoms with Crippen LogP contribution in [0, 0.1) is 5.92 Å². The summed E-state index contributed by atoms with van der Waals surface area (Å²) in [5.74, 6) is -0.874. The van der Waals surface area contributed by atoms with Gasteiger partial charge < -0.3 is 15.2 Å². The van der Waals surface area contributed by atoms with Crippen LogP contribution in [0.1, 0.15) is 58.8 Å². The van der Waals surface area contributed by atoms with Gasteiger partial charge in [-0.1, -0.05) is 26.7 Å². The van der Waals surface area contributed by atoms with Gasteiger partial charge in [-0.2, -0.15) is 0 Å². The van der Waals surface area contributed by atoms with Gasteiger partial charge in [0.2, 0.25) is 5.91 Å². The molecule has 1 atom stereocenters. The Bertz CT molecular complexity index is 324. The fourth-order valence-corrected chi connectivity index (χ4v) is 2.73. The first-order valence-electron chi connectivity index (χ1n) is 7.64. The fraction of sp³-hybridized carbons (Fsp3) is 0.867. The lowest BCUT2D eigenvalue weighted by Crippen LogP contribution is -2.54. The van der Waals surface area contributed by atoms with Crippen LogP contribution in [0.3, 0.4) is 0 Å². The van der Waals surface area contributed by atoms with Gasteiger partial charge in [-0.05, 0) is 25.7 Å². The fourth-order valence-electron chi connectivity index (χ4n) is 2.73. The molecule has 1 rings (SSSR count). The smallest absolute Gasteiger partial charge is 0.305 e. The molecule has 0 bridgehead atoms. The van der Waals surface area contributed by atoms with Gasteiger partial charge >= 0.3 is 5.97 Å². The predicted molar refractivity (Wildman–Crippen MR) is 76.5 cm³/mol. The van der Waals surface area contributed by atoms with Crippen LogP contribution >= 0.6 is 0 Å². The van der Waals surface area contributed by atoms with Crippen LogP contribution in [0.2, 0.25) is 0 Å². The molecule has 1 unspecified atom stereocenters. The lowest BCUT2D eigenvalue weighted by Gasteiger charge is -2.37. The molecular weight excluding hydrogens is 258 g/mol. The van der Waals surface area contributed by atoms with E-state index >= 15 is 0 Å². The largest absolute Gasteiger partial charge is 0.481 e. The molecule has 1 saturated heterocycles. The molecular formula is C15H27NO4. The van der Waals surface area contributed by atoms with Gasteiger partial charge in [0.05, 0.1) is 12.0 Å². The molecule has 0 spiro atoms. The van der Waals surface area contributed by atoms with Crippen molar-refractivity contribution in [3.05, 3.63) is 0 Å². The van der Waals surface area contributed by atoms with Crippen LogP contribution in [0.4, 0.5) is 0 Å². The molecule has 1 aliphatic heterocycles. The van der Waals surface area contributed by atoms with E-state index in [1.54, 1.807) is 0 Å². The number of hydrogen-bond donors (Lipinski definition) is 2. The number of carbonyl (C=O) groups is 2. The molecule has 2 N–H and O–H groups in total. The van der Waals surface area contributed by atoms with E-state index in [1.165, 1.54) is 0 Å². The lowest BCUT2D eigenvalue weighted by molar-refractivity contribution is -0.141. The lowest BCUT2D eigenvalue weighted by atomic mass is 9.85. The molecule has 1 fully saturated rings. The van der Waals surface area contributed by atoms with Crippen molar-refractivity contribution in [3.8, 4) is 0 Å². The molecule has 0 aromatic heterocycles. The van der Waals surface area contributed by atoms with Crippen LogP contribution in [0.25, 0.3) is 0 Å². The zero-order valence-electron chi connectivity index (χ0n) is 12.6. The molecule has 1 aliphatic rings. The molecule has 5 nitrogen and oxygen atoms in total. The van der Waals surface area contributed by atoms with Crippen molar-refractivity contribution in [2.45, 2.75) is 64.3 Å². The highest BCUT2D eigenvalue weighted by atomic mass is 16.5. The SMILES string of the molecule is CCCCC(CC)C(=O)NC1(CC(=O)O)CCOCC1. The highest BCUT2D eigenvalue weighted by molar-refractivity contribution is 5.80. The second-order valence-electron chi connectivity index (χ2n) is 5.70. The van der Waals surface area contributed by atoms with Crippen molar-refractivity contribution in [1.82, 2.24) is 5.32 Å². The quantitative estimate of drug-likeness (QED) is 0.717. The van der Waals surface area contributed by atoms with Crippen LogP contribution in [-0.2, 0) is 14.3 Å². The number of amides is 1. The van der Waals surface area contributed by atoms with Gasteiger partial charge in [-0.15, -0.1) is 0 Å². The van der Waals surface area contributed by atoms with Gasteiger partial charge in [0, 0.05) is 19.1 Å². The van der Waals surface area contributed by atoms with Gasteiger partial charge in [0.1, 0.15) is 0 Å². The number of aliphatic carboxylic acids is 1. The first kappa shape index (κ1) is 17.0. The molecule has 1 heterocycles. The summed E-state index contributed by atoms with van der Waals surface area (Å²) in [6.45, 7) is 5.14. The molecule has 0 radical (unpaired) electrons. The Morgan fingerprint density at radius 2 is 1.95 bits per heavy atom. The van der Waals surface area contributed by atoms with Crippen molar-refractivity contribution in [1.29, 1.82) is 0 Å². The van der Waals surface area contributed by atoms with Gasteiger partial charge in [-0.25, -0.2) is 0 Å². The Kier molecular flexibility index (Phi) is 6.99. The molecule has 0 aromatic rings. The summed E-state index contributed by atoms with van der Waals surface area (Å²) in [6.07, 6.45) is 4.90. The van der Waals surface area contributed by atoms with Crippen molar-refractivity contribution < 1.29 is 19.4 Å². The molecule has 0 aromatic carbocycles.